The molecule has 0 aromatic carbocycles. The molecular formula is C13H15NO3. The lowest BCUT2D eigenvalue weighted by Crippen LogP contribution is -2.17. The predicted molar refractivity (Wildman–Crippen MR) is 63.6 cm³/mol. The van der Waals surface area contributed by atoms with Crippen LogP contribution >= 0.6 is 0 Å². The highest BCUT2D eigenvalue weighted by Crippen LogP contribution is 2.21. The van der Waals surface area contributed by atoms with Crippen LogP contribution in [0.3, 0.4) is 0 Å². The quantitative estimate of drug-likeness (QED) is 0.749. The van der Waals surface area contributed by atoms with E-state index in [2.05, 4.69) is 11.6 Å². The number of nitrogens with zero attached hydrogens (tertiary/aromatic N) is 1. The minimum Gasteiger partial charge on any atom is -0.461 e. The van der Waals surface area contributed by atoms with Crippen molar-refractivity contribution in [2.45, 2.75) is 20.0 Å². The van der Waals surface area contributed by atoms with Crippen molar-refractivity contribution in [3.63, 3.8) is 0 Å². The zero-order chi connectivity index (χ0) is 12.3. The summed E-state index contributed by atoms with van der Waals surface area (Å²) in [4.78, 5) is 15.9. The smallest absolute Gasteiger partial charge is 0.356 e. The van der Waals surface area contributed by atoms with Crippen molar-refractivity contribution in [2.24, 2.45) is 0 Å². The van der Waals surface area contributed by atoms with Gasteiger partial charge in [0.15, 0.2) is 0 Å². The van der Waals surface area contributed by atoms with E-state index in [4.69, 9.17) is 9.47 Å². The van der Waals surface area contributed by atoms with E-state index in [9.17, 15) is 4.79 Å². The van der Waals surface area contributed by atoms with Gasteiger partial charge >= 0.3 is 5.97 Å². The van der Waals surface area contributed by atoms with Crippen LogP contribution in [0.2, 0.25) is 0 Å². The molecule has 0 amide bonds. The Balaban J connectivity index is 2.42. The molecule has 0 unspecified atom stereocenters. The van der Waals surface area contributed by atoms with Gasteiger partial charge in [0.1, 0.15) is 5.69 Å². The first-order valence-corrected chi connectivity index (χ1v) is 5.66. The number of hydrogen-bond acceptors (Lipinski definition) is 4. The minimum absolute atomic E-state index is 0.325. The van der Waals surface area contributed by atoms with Gasteiger partial charge in [0.25, 0.3) is 0 Å². The number of aromatic nitrogens is 1. The van der Waals surface area contributed by atoms with Crippen molar-refractivity contribution in [1.29, 1.82) is 0 Å². The molecular weight excluding hydrogens is 218 g/mol. The van der Waals surface area contributed by atoms with Crippen molar-refractivity contribution in [2.75, 3.05) is 13.2 Å². The van der Waals surface area contributed by atoms with Gasteiger partial charge in [-0.05, 0) is 30.5 Å². The van der Waals surface area contributed by atoms with Crippen LogP contribution < -0.4 is 0 Å². The zero-order valence-electron chi connectivity index (χ0n) is 9.86. The molecule has 4 nitrogen and oxygen atoms in total. The van der Waals surface area contributed by atoms with E-state index in [-0.39, 0.29) is 0 Å². The number of ether oxygens (including phenoxy) is 2. The molecule has 1 aromatic rings. The Morgan fingerprint density at radius 2 is 2.53 bits per heavy atom. The first-order valence-electron chi connectivity index (χ1n) is 5.66. The molecule has 1 aliphatic rings. The summed E-state index contributed by atoms with van der Waals surface area (Å²) in [5.41, 5.74) is 3.21. The van der Waals surface area contributed by atoms with Gasteiger partial charge in [-0.1, -0.05) is 12.7 Å². The average molecular weight is 233 g/mol. The topological polar surface area (TPSA) is 48.4 Å². The largest absolute Gasteiger partial charge is 0.461 e. The lowest BCUT2D eigenvalue weighted by atomic mass is 10.0. The number of hydrogen-bond donors (Lipinski definition) is 0. The van der Waals surface area contributed by atoms with Crippen LogP contribution in [0.4, 0.5) is 0 Å². The Hall–Kier alpha value is -1.68. The Labute approximate surface area is 100 Å². The second-order valence-electron chi connectivity index (χ2n) is 3.75. The van der Waals surface area contributed by atoms with Crippen LogP contribution in [0.25, 0.3) is 6.08 Å². The van der Waals surface area contributed by atoms with Crippen molar-refractivity contribution in [3.05, 3.63) is 35.2 Å². The second kappa shape index (κ2) is 5.10. The van der Waals surface area contributed by atoms with Crippen molar-refractivity contribution in [3.8, 4) is 0 Å². The van der Waals surface area contributed by atoms with Crippen molar-refractivity contribution >= 4 is 12.0 Å². The van der Waals surface area contributed by atoms with Gasteiger partial charge < -0.3 is 9.47 Å². The Morgan fingerprint density at radius 3 is 3.24 bits per heavy atom. The van der Waals surface area contributed by atoms with Gasteiger partial charge in [0.05, 0.1) is 25.5 Å². The first kappa shape index (κ1) is 11.8. The molecule has 0 aliphatic carbocycles. The number of fused-ring (bicyclic) bond motifs is 1. The van der Waals surface area contributed by atoms with E-state index in [1.807, 2.05) is 0 Å². The molecule has 0 saturated carbocycles. The summed E-state index contributed by atoms with van der Waals surface area (Å²) in [6, 6.07) is 1.73. The van der Waals surface area contributed by atoms with Gasteiger partial charge in [-0.2, -0.15) is 0 Å². The predicted octanol–water partition coefficient (Wildman–Crippen LogP) is 1.97. The summed E-state index contributed by atoms with van der Waals surface area (Å²) >= 11 is 0. The molecule has 2 heterocycles. The third-order valence-corrected chi connectivity index (χ3v) is 2.68. The molecule has 0 N–H and O–H groups in total. The van der Waals surface area contributed by atoms with E-state index < -0.39 is 5.97 Å². The van der Waals surface area contributed by atoms with Crippen LogP contribution in [0, 0.1) is 0 Å². The van der Waals surface area contributed by atoms with Crippen molar-refractivity contribution in [1.82, 2.24) is 4.98 Å². The molecule has 0 spiro atoms. The molecule has 0 atom stereocenters. The molecule has 0 fully saturated rings. The van der Waals surface area contributed by atoms with E-state index in [0.29, 0.717) is 25.5 Å². The fourth-order valence-corrected chi connectivity index (χ4v) is 1.89. The van der Waals surface area contributed by atoms with Gasteiger partial charge in [-0.3, -0.25) is 0 Å². The van der Waals surface area contributed by atoms with E-state index >= 15 is 0 Å². The first-order chi connectivity index (χ1) is 8.26. The molecule has 0 saturated heterocycles. The summed E-state index contributed by atoms with van der Waals surface area (Å²) in [5.74, 6) is -0.399. The SMILES string of the molecule is C=Cc1cc(C(=O)OCC)nc2c1CCOC2. The van der Waals surface area contributed by atoms with Gasteiger partial charge in [-0.15, -0.1) is 0 Å². The normalized spacial score (nSPS) is 13.9. The average Bonchev–Trinajstić information content (AvgIpc) is 2.37. The number of rotatable bonds is 3. The van der Waals surface area contributed by atoms with E-state index in [1.165, 1.54) is 0 Å². The summed E-state index contributed by atoms with van der Waals surface area (Å²) in [6.07, 6.45) is 2.56. The molecule has 17 heavy (non-hydrogen) atoms. The van der Waals surface area contributed by atoms with E-state index in [1.54, 1.807) is 19.1 Å². The Kier molecular flexibility index (Phi) is 3.54. The maximum Gasteiger partial charge on any atom is 0.356 e. The minimum atomic E-state index is -0.399. The third kappa shape index (κ3) is 2.36. The van der Waals surface area contributed by atoms with Crippen LogP contribution in [0.1, 0.15) is 34.2 Å². The number of carbonyl (C=O) groups excluding carboxylic acids is 1. The number of esters is 1. The maximum absolute atomic E-state index is 11.6. The third-order valence-electron chi connectivity index (χ3n) is 2.68. The molecule has 1 aliphatic heterocycles. The van der Waals surface area contributed by atoms with Gasteiger partial charge in [-0.25, -0.2) is 9.78 Å². The van der Waals surface area contributed by atoms with Crippen LogP contribution in [-0.4, -0.2) is 24.2 Å². The molecule has 4 heteroatoms. The summed E-state index contributed by atoms with van der Waals surface area (Å²) in [5, 5.41) is 0. The summed E-state index contributed by atoms with van der Waals surface area (Å²) in [7, 11) is 0. The highest BCUT2D eigenvalue weighted by molar-refractivity contribution is 5.88. The molecule has 0 radical (unpaired) electrons. The summed E-state index contributed by atoms with van der Waals surface area (Å²) < 4.78 is 10.3. The highest BCUT2D eigenvalue weighted by Gasteiger charge is 2.18. The van der Waals surface area contributed by atoms with Crippen LogP contribution in [-0.2, 0) is 22.5 Å². The molecule has 1 aromatic heterocycles. The lowest BCUT2D eigenvalue weighted by molar-refractivity contribution is 0.0517. The van der Waals surface area contributed by atoms with Crippen molar-refractivity contribution < 1.29 is 14.3 Å². The fourth-order valence-electron chi connectivity index (χ4n) is 1.89. The van der Waals surface area contributed by atoms with Crippen LogP contribution in [0.15, 0.2) is 12.6 Å². The fraction of sp³-hybridized carbons (Fsp3) is 0.385. The Morgan fingerprint density at radius 1 is 1.71 bits per heavy atom. The van der Waals surface area contributed by atoms with Gasteiger partial charge in [0, 0.05) is 0 Å². The maximum atomic E-state index is 11.6. The second-order valence-corrected chi connectivity index (χ2v) is 3.75. The monoisotopic (exact) mass is 233 g/mol. The number of pyridine rings is 1. The van der Waals surface area contributed by atoms with E-state index in [0.717, 1.165) is 23.2 Å². The molecule has 2 rings (SSSR count). The molecule has 90 valence electrons. The zero-order valence-corrected chi connectivity index (χ0v) is 9.86. The van der Waals surface area contributed by atoms with Crippen LogP contribution in [0.5, 0.6) is 0 Å². The van der Waals surface area contributed by atoms with Gasteiger partial charge in [0.2, 0.25) is 0 Å². The Bertz CT molecular complexity index is 454. The lowest BCUT2D eigenvalue weighted by Gasteiger charge is -2.18. The number of carbonyl (C=O) groups is 1. The summed E-state index contributed by atoms with van der Waals surface area (Å²) in [6.45, 7) is 7.02. The standard InChI is InChI=1S/C13H15NO3/c1-3-9-7-11(13(15)17-4-2)14-12-8-16-6-5-10(9)12/h3,7H,1,4-6,8H2,2H3. The molecule has 0 bridgehead atoms. The highest BCUT2D eigenvalue weighted by atomic mass is 16.5.